The molecule has 0 saturated carbocycles. The molecule has 0 unspecified atom stereocenters. The van der Waals surface area contributed by atoms with Gasteiger partial charge in [0.1, 0.15) is 5.69 Å². The van der Waals surface area contributed by atoms with Crippen LogP contribution >= 0.6 is 0 Å². The molecule has 1 aromatic heterocycles. The van der Waals surface area contributed by atoms with Crippen molar-refractivity contribution in [1.29, 1.82) is 0 Å². The molecule has 0 aromatic carbocycles. The third kappa shape index (κ3) is 0.528. The van der Waals surface area contributed by atoms with Gasteiger partial charge in [-0.3, -0.25) is 10.1 Å². The van der Waals surface area contributed by atoms with E-state index in [1.807, 2.05) is 0 Å². The standard InChI is InChI=1S/C6H4N2O2/c9-8(10)6-2-1-4-3-5(6)7-4/h1-2H,3H2. The van der Waals surface area contributed by atoms with E-state index >= 15 is 0 Å². The average molecular weight is 136 g/mol. The lowest BCUT2D eigenvalue weighted by Gasteiger charge is -2.11. The summed E-state index contributed by atoms with van der Waals surface area (Å²) >= 11 is 0. The minimum Gasteiger partial charge on any atom is -0.258 e. The normalized spacial score (nSPS) is 12.4. The first-order valence-electron chi connectivity index (χ1n) is 2.90. The summed E-state index contributed by atoms with van der Waals surface area (Å²) in [7, 11) is 0. The zero-order chi connectivity index (χ0) is 7.14. The second-order valence-corrected chi connectivity index (χ2v) is 2.20. The Kier molecular flexibility index (Phi) is 0.818. The molecule has 0 saturated heterocycles. The van der Waals surface area contributed by atoms with Crippen molar-refractivity contribution in [3.63, 3.8) is 0 Å². The first kappa shape index (κ1) is 5.34. The molecule has 0 N–H and O–H groups in total. The molecule has 10 heavy (non-hydrogen) atoms. The van der Waals surface area contributed by atoms with Crippen LogP contribution in [0, 0.1) is 10.1 Å². The molecule has 1 aliphatic carbocycles. The molecule has 1 aromatic rings. The number of fused-ring (bicyclic) bond motifs is 2. The summed E-state index contributed by atoms with van der Waals surface area (Å²) in [6, 6.07) is 3.19. The Morgan fingerprint density at radius 2 is 2.30 bits per heavy atom. The quantitative estimate of drug-likeness (QED) is 0.432. The summed E-state index contributed by atoms with van der Waals surface area (Å²) in [4.78, 5) is 13.7. The van der Waals surface area contributed by atoms with Crippen molar-refractivity contribution >= 4 is 5.69 Å². The van der Waals surface area contributed by atoms with Gasteiger partial charge >= 0.3 is 0 Å². The van der Waals surface area contributed by atoms with Gasteiger partial charge in [0, 0.05) is 18.2 Å². The number of hydrogen-bond acceptors (Lipinski definition) is 3. The fourth-order valence-corrected chi connectivity index (χ4v) is 1.01. The van der Waals surface area contributed by atoms with Crippen molar-refractivity contribution in [3.8, 4) is 0 Å². The Balaban J connectivity index is 2.56. The number of aromatic nitrogens is 1. The minimum atomic E-state index is -0.398. The second-order valence-electron chi connectivity index (χ2n) is 2.20. The minimum absolute atomic E-state index is 0.148. The van der Waals surface area contributed by atoms with E-state index in [1.165, 1.54) is 6.07 Å². The molecule has 0 amide bonds. The highest BCUT2D eigenvalue weighted by Crippen LogP contribution is 2.26. The monoisotopic (exact) mass is 136 g/mol. The van der Waals surface area contributed by atoms with E-state index in [0.717, 1.165) is 5.69 Å². The van der Waals surface area contributed by atoms with Crippen LogP contribution in [0.1, 0.15) is 11.4 Å². The zero-order valence-electron chi connectivity index (χ0n) is 5.07. The third-order valence-corrected chi connectivity index (χ3v) is 1.55. The maximum absolute atomic E-state index is 10.2. The molecule has 2 aliphatic rings. The van der Waals surface area contributed by atoms with Crippen LogP contribution in [0.3, 0.4) is 0 Å². The molecule has 0 fully saturated rings. The topological polar surface area (TPSA) is 56.0 Å². The van der Waals surface area contributed by atoms with Gasteiger partial charge in [0.05, 0.1) is 4.92 Å². The molecule has 50 valence electrons. The van der Waals surface area contributed by atoms with Crippen LogP contribution in [-0.4, -0.2) is 9.91 Å². The van der Waals surface area contributed by atoms with Gasteiger partial charge in [-0.15, -0.1) is 0 Å². The first-order valence-corrected chi connectivity index (χ1v) is 2.90. The van der Waals surface area contributed by atoms with Crippen LogP contribution in [-0.2, 0) is 6.42 Å². The average Bonchev–Trinajstić information content (AvgIpc) is 1.86. The molecule has 1 aliphatic heterocycles. The highest BCUT2D eigenvalue weighted by molar-refractivity contribution is 5.44. The van der Waals surface area contributed by atoms with E-state index in [-0.39, 0.29) is 5.69 Å². The highest BCUT2D eigenvalue weighted by atomic mass is 16.6. The smallest absolute Gasteiger partial charge is 0.258 e. The van der Waals surface area contributed by atoms with E-state index in [4.69, 9.17) is 0 Å². The molecular weight excluding hydrogens is 132 g/mol. The lowest BCUT2D eigenvalue weighted by Crippen LogP contribution is -2.10. The van der Waals surface area contributed by atoms with Crippen LogP contribution < -0.4 is 0 Å². The van der Waals surface area contributed by atoms with Crippen LogP contribution in [0.15, 0.2) is 12.1 Å². The SMILES string of the molecule is O=[N+]([O-])c1ccc2nc1C2. The van der Waals surface area contributed by atoms with E-state index < -0.39 is 4.92 Å². The number of rotatable bonds is 1. The Hall–Kier alpha value is -1.45. The largest absolute Gasteiger partial charge is 0.291 e. The van der Waals surface area contributed by atoms with Crippen molar-refractivity contribution in [1.82, 2.24) is 4.98 Å². The summed E-state index contributed by atoms with van der Waals surface area (Å²) in [6.07, 6.45) is 0.673. The summed E-state index contributed by atoms with van der Waals surface area (Å²) in [5.41, 5.74) is 1.71. The molecule has 4 nitrogen and oxygen atoms in total. The maximum Gasteiger partial charge on any atom is 0.291 e. The molecule has 0 radical (unpaired) electrons. The fraction of sp³-hybridized carbons (Fsp3) is 0.167. The Bertz CT molecular complexity index is 305. The lowest BCUT2D eigenvalue weighted by molar-refractivity contribution is -0.386. The highest BCUT2D eigenvalue weighted by Gasteiger charge is 2.22. The summed E-state index contributed by atoms with van der Waals surface area (Å²) in [5, 5.41) is 10.2. The Morgan fingerprint density at radius 3 is 2.60 bits per heavy atom. The Labute approximate surface area is 56.7 Å². The van der Waals surface area contributed by atoms with Crippen molar-refractivity contribution in [2.24, 2.45) is 0 Å². The zero-order valence-corrected chi connectivity index (χ0v) is 5.07. The van der Waals surface area contributed by atoms with Gasteiger partial charge in [-0.1, -0.05) is 0 Å². The van der Waals surface area contributed by atoms with Crippen LogP contribution in [0.2, 0.25) is 0 Å². The predicted molar refractivity (Wildman–Crippen MR) is 33.7 cm³/mol. The van der Waals surface area contributed by atoms with Gasteiger partial charge in [0.15, 0.2) is 0 Å². The Morgan fingerprint density at radius 1 is 1.60 bits per heavy atom. The molecule has 0 atom stereocenters. The van der Waals surface area contributed by atoms with Gasteiger partial charge < -0.3 is 0 Å². The van der Waals surface area contributed by atoms with Gasteiger partial charge in [-0.05, 0) is 6.07 Å². The van der Waals surface area contributed by atoms with Gasteiger partial charge in [-0.2, -0.15) is 0 Å². The van der Waals surface area contributed by atoms with Gasteiger partial charge in [0.25, 0.3) is 5.69 Å². The van der Waals surface area contributed by atoms with Crippen LogP contribution in [0.25, 0.3) is 0 Å². The van der Waals surface area contributed by atoms with Crippen molar-refractivity contribution in [2.75, 3.05) is 0 Å². The van der Waals surface area contributed by atoms with Gasteiger partial charge in [0.2, 0.25) is 0 Å². The van der Waals surface area contributed by atoms with E-state index in [2.05, 4.69) is 4.98 Å². The summed E-state index contributed by atoms with van der Waals surface area (Å²) in [6.45, 7) is 0. The van der Waals surface area contributed by atoms with Crippen LogP contribution in [0.5, 0.6) is 0 Å². The van der Waals surface area contributed by atoms with Crippen molar-refractivity contribution in [3.05, 3.63) is 33.6 Å². The van der Waals surface area contributed by atoms with Crippen LogP contribution in [0.4, 0.5) is 5.69 Å². The molecular formula is C6H4N2O2. The lowest BCUT2D eigenvalue weighted by atomic mass is 10.1. The molecule has 0 spiro atoms. The second kappa shape index (κ2) is 1.53. The summed E-state index contributed by atoms with van der Waals surface area (Å²) < 4.78 is 0. The number of pyridine rings is 1. The maximum atomic E-state index is 10.2. The third-order valence-electron chi connectivity index (χ3n) is 1.55. The van der Waals surface area contributed by atoms with E-state index in [9.17, 15) is 10.1 Å². The molecule has 2 heterocycles. The first-order chi connectivity index (χ1) is 4.77. The molecule has 2 bridgehead atoms. The number of nitrogens with zero attached hydrogens (tertiary/aromatic N) is 2. The molecule has 4 heteroatoms. The summed E-state index contributed by atoms with van der Waals surface area (Å²) in [5.74, 6) is 0. The van der Waals surface area contributed by atoms with Crippen molar-refractivity contribution in [2.45, 2.75) is 6.42 Å². The molecule has 3 rings (SSSR count). The fourth-order valence-electron chi connectivity index (χ4n) is 1.01. The number of hydrogen-bond donors (Lipinski definition) is 0. The van der Waals surface area contributed by atoms with Crippen molar-refractivity contribution < 1.29 is 4.92 Å². The van der Waals surface area contributed by atoms with E-state index in [1.54, 1.807) is 6.07 Å². The van der Waals surface area contributed by atoms with Gasteiger partial charge in [-0.25, -0.2) is 4.98 Å². The number of nitro groups is 1. The predicted octanol–water partition coefficient (Wildman–Crippen LogP) is 0.894. The van der Waals surface area contributed by atoms with E-state index in [0.29, 0.717) is 12.1 Å².